The van der Waals surface area contributed by atoms with Crippen molar-refractivity contribution in [2.24, 2.45) is 0 Å². The smallest absolute Gasteiger partial charge is 0.243 e. The largest absolute Gasteiger partial charge is 0.340 e. The molecule has 0 saturated carbocycles. The van der Waals surface area contributed by atoms with E-state index >= 15 is 0 Å². The van der Waals surface area contributed by atoms with Crippen molar-refractivity contribution in [2.75, 3.05) is 26.2 Å². The Balaban J connectivity index is 1.38. The van der Waals surface area contributed by atoms with Crippen molar-refractivity contribution in [3.05, 3.63) is 58.5 Å². The fraction of sp³-hybridized carbons (Fsp3) is 0.440. The zero-order valence-electron chi connectivity index (χ0n) is 20.5. The molecule has 0 atom stereocenters. The number of nitriles is 1. The number of carbonyl (C=O) groups is 1. The van der Waals surface area contributed by atoms with Gasteiger partial charge in [-0.3, -0.25) is 4.79 Å². The number of nitrogens with zero attached hydrogens (tertiary/aromatic N) is 6. The van der Waals surface area contributed by atoms with Gasteiger partial charge >= 0.3 is 0 Å². The predicted molar refractivity (Wildman–Crippen MR) is 131 cm³/mol. The number of fused-ring (bicyclic) bond motifs is 1. The maximum Gasteiger partial charge on any atom is 0.243 e. The molecule has 1 aromatic carbocycles. The second-order valence-electron chi connectivity index (χ2n) is 9.18. The van der Waals surface area contributed by atoms with Gasteiger partial charge in [0.2, 0.25) is 15.9 Å². The third kappa shape index (κ3) is 4.79. The molecule has 3 heterocycles. The van der Waals surface area contributed by atoms with Gasteiger partial charge in [0.1, 0.15) is 11.6 Å². The van der Waals surface area contributed by atoms with Gasteiger partial charge in [-0.05, 0) is 49.4 Å². The summed E-state index contributed by atoms with van der Waals surface area (Å²) in [7, 11) is -3.59. The minimum Gasteiger partial charge on any atom is -0.340 e. The van der Waals surface area contributed by atoms with Crippen LogP contribution in [0.4, 0.5) is 0 Å². The van der Waals surface area contributed by atoms with Gasteiger partial charge in [0.05, 0.1) is 11.1 Å². The van der Waals surface area contributed by atoms with E-state index in [0.717, 1.165) is 22.5 Å². The monoisotopic (exact) mass is 494 g/mol. The quantitative estimate of drug-likeness (QED) is 0.521. The third-order valence-electron chi connectivity index (χ3n) is 6.69. The van der Waals surface area contributed by atoms with Crippen molar-refractivity contribution in [1.29, 1.82) is 5.26 Å². The van der Waals surface area contributed by atoms with Crippen LogP contribution in [-0.2, 0) is 21.2 Å². The molecule has 35 heavy (non-hydrogen) atoms. The lowest BCUT2D eigenvalue weighted by Gasteiger charge is -2.34. The Kier molecular flexibility index (Phi) is 6.92. The van der Waals surface area contributed by atoms with Crippen LogP contribution < -0.4 is 0 Å². The van der Waals surface area contributed by atoms with Crippen LogP contribution in [0, 0.1) is 25.2 Å². The van der Waals surface area contributed by atoms with E-state index in [0.29, 0.717) is 43.1 Å². The van der Waals surface area contributed by atoms with Gasteiger partial charge in [0, 0.05) is 44.0 Å². The SMILES string of the molecule is Cc1nc2c(C#N)cnn2c(C)c1CCC(=O)N1CCN(S(=O)(=O)c2ccc(C(C)C)cc2)CC1. The molecular formula is C25H30N6O3S. The lowest BCUT2D eigenvalue weighted by atomic mass is 10.0. The van der Waals surface area contributed by atoms with Gasteiger partial charge in [0.15, 0.2) is 5.65 Å². The van der Waals surface area contributed by atoms with Gasteiger partial charge in [-0.15, -0.1) is 0 Å². The molecule has 0 spiro atoms. The highest BCUT2D eigenvalue weighted by atomic mass is 32.2. The maximum atomic E-state index is 13.0. The molecule has 2 aromatic heterocycles. The van der Waals surface area contributed by atoms with E-state index in [4.69, 9.17) is 0 Å². The van der Waals surface area contributed by atoms with Crippen molar-refractivity contribution in [1.82, 2.24) is 23.8 Å². The minimum absolute atomic E-state index is 0.0135. The molecular weight excluding hydrogens is 464 g/mol. The van der Waals surface area contributed by atoms with Gasteiger partial charge < -0.3 is 4.90 Å². The summed E-state index contributed by atoms with van der Waals surface area (Å²) < 4.78 is 29.2. The number of hydrogen-bond acceptors (Lipinski definition) is 6. The molecule has 1 aliphatic heterocycles. The molecule has 1 amide bonds. The highest BCUT2D eigenvalue weighted by molar-refractivity contribution is 7.89. The van der Waals surface area contributed by atoms with Crippen molar-refractivity contribution >= 4 is 21.6 Å². The van der Waals surface area contributed by atoms with Crippen LogP contribution in [0.25, 0.3) is 5.65 Å². The van der Waals surface area contributed by atoms with E-state index in [1.165, 1.54) is 10.5 Å². The lowest BCUT2D eigenvalue weighted by molar-refractivity contribution is -0.132. The zero-order valence-corrected chi connectivity index (χ0v) is 21.3. The van der Waals surface area contributed by atoms with Crippen LogP contribution in [0.5, 0.6) is 0 Å². The Morgan fingerprint density at radius 1 is 1.11 bits per heavy atom. The van der Waals surface area contributed by atoms with Crippen LogP contribution in [-0.4, -0.2) is 64.3 Å². The van der Waals surface area contributed by atoms with Crippen molar-refractivity contribution < 1.29 is 13.2 Å². The molecule has 9 nitrogen and oxygen atoms in total. The Morgan fingerprint density at radius 3 is 2.37 bits per heavy atom. The van der Waals surface area contributed by atoms with Gasteiger partial charge in [-0.2, -0.15) is 14.7 Å². The Bertz CT molecular complexity index is 1400. The first kappa shape index (κ1) is 24.8. The molecule has 0 N–H and O–H groups in total. The molecule has 1 fully saturated rings. The van der Waals surface area contributed by atoms with Gasteiger partial charge in [0.25, 0.3) is 0 Å². The fourth-order valence-corrected chi connectivity index (χ4v) is 5.92. The number of carbonyl (C=O) groups excluding carboxylic acids is 1. The number of sulfonamides is 1. The zero-order chi connectivity index (χ0) is 25.3. The number of hydrogen-bond donors (Lipinski definition) is 0. The Labute approximate surface area is 206 Å². The fourth-order valence-electron chi connectivity index (χ4n) is 4.49. The molecule has 1 aliphatic rings. The van der Waals surface area contributed by atoms with Crippen molar-refractivity contribution in [3.63, 3.8) is 0 Å². The third-order valence-corrected chi connectivity index (χ3v) is 8.61. The molecule has 4 rings (SSSR count). The Hall–Kier alpha value is -3.29. The molecule has 184 valence electrons. The van der Waals surface area contributed by atoms with Crippen LogP contribution in [0.15, 0.2) is 35.4 Å². The predicted octanol–water partition coefficient (Wildman–Crippen LogP) is 2.81. The number of piperazine rings is 1. The summed E-state index contributed by atoms with van der Waals surface area (Å²) in [6.45, 7) is 9.19. The summed E-state index contributed by atoms with van der Waals surface area (Å²) in [6, 6.07) is 9.14. The molecule has 0 bridgehead atoms. The normalized spacial score (nSPS) is 15.0. The van der Waals surface area contributed by atoms with Crippen molar-refractivity contribution in [2.45, 2.75) is 51.3 Å². The molecule has 1 saturated heterocycles. The van der Waals surface area contributed by atoms with Gasteiger partial charge in [-0.1, -0.05) is 26.0 Å². The summed E-state index contributed by atoms with van der Waals surface area (Å²) >= 11 is 0. The molecule has 0 radical (unpaired) electrons. The van der Waals surface area contributed by atoms with E-state index < -0.39 is 10.0 Å². The van der Waals surface area contributed by atoms with Gasteiger partial charge in [-0.25, -0.2) is 17.9 Å². The first-order valence-corrected chi connectivity index (χ1v) is 13.2. The average Bonchev–Trinajstić information content (AvgIpc) is 3.26. The molecule has 0 aliphatic carbocycles. The van der Waals surface area contributed by atoms with E-state index in [1.54, 1.807) is 21.5 Å². The highest BCUT2D eigenvalue weighted by Gasteiger charge is 2.30. The number of rotatable bonds is 6. The van der Waals surface area contributed by atoms with Crippen LogP contribution >= 0.6 is 0 Å². The standard InChI is InChI=1S/C25H30N6O3S/c1-17(2)20-5-7-22(8-6-20)35(33,34)30-13-11-29(12-14-30)24(32)10-9-23-18(3)28-25-21(15-26)16-27-31(25)19(23)4/h5-8,16-17H,9-14H2,1-4H3. The summed E-state index contributed by atoms with van der Waals surface area (Å²) in [6.07, 6.45) is 2.29. The number of amides is 1. The number of aryl methyl sites for hydroxylation is 2. The summed E-state index contributed by atoms with van der Waals surface area (Å²) in [5.74, 6) is 0.321. The van der Waals surface area contributed by atoms with E-state index in [1.807, 2.05) is 26.0 Å². The van der Waals surface area contributed by atoms with E-state index in [2.05, 4.69) is 30.0 Å². The van der Waals surface area contributed by atoms with Crippen molar-refractivity contribution in [3.8, 4) is 6.07 Å². The first-order chi connectivity index (χ1) is 16.6. The second-order valence-corrected chi connectivity index (χ2v) is 11.1. The summed E-state index contributed by atoms with van der Waals surface area (Å²) in [4.78, 5) is 19.4. The number of benzene rings is 1. The summed E-state index contributed by atoms with van der Waals surface area (Å²) in [5, 5.41) is 13.5. The van der Waals surface area contributed by atoms with E-state index in [-0.39, 0.29) is 23.9 Å². The van der Waals surface area contributed by atoms with Crippen LogP contribution in [0.3, 0.4) is 0 Å². The molecule has 3 aromatic rings. The average molecular weight is 495 g/mol. The minimum atomic E-state index is -3.59. The topological polar surface area (TPSA) is 112 Å². The number of aromatic nitrogens is 3. The van der Waals surface area contributed by atoms with Crippen LogP contribution in [0.2, 0.25) is 0 Å². The highest BCUT2D eigenvalue weighted by Crippen LogP contribution is 2.22. The summed E-state index contributed by atoms with van der Waals surface area (Å²) in [5.41, 5.74) is 4.61. The van der Waals surface area contributed by atoms with E-state index in [9.17, 15) is 18.5 Å². The first-order valence-electron chi connectivity index (χ1n) is 11.7. The second kappa shape index (κ2) is 9.76. The maximum absolute atomic E-state index is 13.0. The molecule has 0 unspecified atom stereocenters. The lowest BCUT2D eigenvalue weighted by Crippen LogP contribution is -2.50. The molecule has 10 heteroatoms. The Morgan fingerprint density at radius 2 is 1.77 bits per heavy atom. The van der Waals surface area contributed by atoms with Crippen LogP contribution in [0.1, 0.15) is 54.3 Å².